The van der Waals surface area contributed by atoms with Gasteiger partial charge in [0.05, 0.1) is 5.75 Å². The normalized spacial score (nSPS) is 23.0. The Morgan fingerprint density at radius 1 is 1.15 bits per heavy atom. The van der Waals surface area contributed by atoms with Gasteiger partial charge in [0.2, 0.25) is 10.0 Å². The van der Waals surface area contributed by atoms with E-state index in [1.165, 1.54) is 49.6 Å². The molecule has 0 spiro atoms. The largest absolute Gasteiger partial charge is 0.355 e. The van der Waals surface area contributed by atoms with Crippen molar-refractivity contribution in [2.75, 3.05) is 65.2 Å². The summed E-state index contributed by atoms with van der Waals surface area (Å²) in [6, 6.07) is 0. The molecule has 0 aliphatic carbocycles. The highest BCUT2D eigenvalue weighted by molar-refractivity contribution is 7.89. The van der Waals surface area contributed by atoms with Gasteiger partial charge in [0.1, 0.15) is 0 Å². The van der Waals surface area contributed by atoms with Crippen LogP contribution in [0.1, 0.15) is 39.5 Å². The summed E-state index contributed by atoms with van der Waals surface area (Å²) in [6.07, 6.45) is 5.23. The third-order valence-electron chi connectivity index (χ3n) is 5.50. The molecule has 0 saturated carbocycles. The smallest absolute Gasteiger partial charge is 0.215 e. The Morgan fingerprint density at radius 2 is 1.85 bits per heavy atom. The van der Waals surface area contributed by atoms with Gasteiger partial charge in [0.25, 0.3) is 0 Å². The van der Waals surface area contributed by atoms with Crippen LogP contribution in [0.15, 0.2) is 4.99 Å². The van der Waals surface area contributed by atoms with Gasteiger partial charge in [0, 0.05) is 46.3 Å². The molecule has 2 saturated heterocycles. The Bertz CT molecular complexity index is 542. The number of nitrogens with one attached hydrogen (secondary N) is 1. The van der Waals surface area contributed by atoms with E-state index in [1.54, 1.807) is 7.05 Å². The van der Waals surface area contributed by atoms with E-state index in [0.717, 1.165) is 19.0 Å². The minimum atomic E-state index is -3.19. The van der Waals surface area contributed by atoms with Gasteiger partial charge in [-0.25, -0.2) is 12.7 Å². The van der Waals surface area contributed by atoms with Crippen molar-refractivity contribution in [1.82, 2.24) is 19.4 Å². The standard InChI is InChI=1S/C18H37N5O2S/c1-4-23(5-2)26(24,25)14-10-20-18(19-3)22-13-9-17(16-22)15-21-11-7-6-8-12-21/h17H,4-16H2,1-3H3,(H,19,20). The third kappa shape index (κ3) is 6.09. The van der Waals surface area contributed by atoms with Crippen molar-refractivity contribution in [2.24, 2.45) is 10.9 Å². The van der Waals surface area contributed by atoms with E-state index in [0.29, 0.717) is 25.6 Å². The molecule has 0 aromatic rings. The summed E-state index contributed by atoms with van der Waals surface area (Å²) in [5.74, 6) is 1.63. The number of sulfonamides is 1. The van der Waals surface area contributed by atoms with E-state index < -0.39 is 10.0 Å². The first-order chi connectivity index (χ1) is 12.5. The van der Waals surface area contributed by atoms with Gasteiger partial charge in [-0.15, -0.1) is 0 Å². The van der Waals surface area contributed by atoms with Crippen molar-refractivity contribution in [3.8, 4) is 0 Å². The average molecular weight is 388 g/mol. The highest BCUT2D eigenvalue weighted by Crippen LogP contribution is 2.19. The van der Waals surface area contributed by atoms with Crippen LogP contribution in [0.2, 0.25) is 0 Å². The van der Waals surface area contributed by atoms with Crippen LogP contribution in [0.25, 0.3) is 0 Å². The lowest BCUT2D eigenvalue weighted by Crippen LogP contribution is -2.44. The van der Waals surface area contributed by atoms with E-state index >= 15 is 0 Å². The van der Waals surface area contributed by atoms with Crippen LogP contribution in [0.5, 0.6) is 0 Å². The van der Waals surface area contributed by atoms with Crippen LogP contribution in [0, 0.1) is 5.92 Å². The molecule has 0 aromatic carbocycles. The summed E-state index contributed by atoms with van der Waals surface area (Å²) in [5.41, 5.74) is 0. The van der Waals surface area contributed by atoms with E-state index in [2.05, 4.69) is 20.1 Å². The highest BCUT2D eigenvalue weighted by atomic mass is 32.2. The first-order valence-electron chi connectivity index (χ1n) is 10.2. The molecule has 0 radical (unpaired) electrons. The average Bonchev–Trinajstić information content (AvgIpc) is 3.08. The number of likely N-dealkylation sites (tertiary alicyclic amines) is 2. The first kappa shape index (κ1) is 21.4. The van der Waals surface area contributed by atoms with Crippen LogP contribution >= 0.6 is 0 Å². The summed E-state index contributed by atoms with van der Waals surface area (Å²) in [5, 5.41) is 3.25. The van der Waals surface area contributed by atoms with Crippen molar-refractivity contribution in [2.45, 2.75) is 39.5 Å². The summed E-state index contributed by atoms with van der Waals surface area (Å²) in [6.45, 7) is 10.9. The fraction of sp³-hybridized carbons (Fsp3) is 0.944. The second-order valence-electron chi connectivity index (χ2n) is 7.34. The molecule has 2 aliphatic heterocycles. The maximum absolute atomic E-state index is 12.3. The van der Waals surface area contributed by atoms with E-state index in [1.807, 2.05) is 13.8 Å². The number of piperidine rings is 1. The molecule has 2 aliphatic rings. The first-order valence-corrected chi connectivity index (χ1v) is 11.8. The van der Waals surface area contributed by atoms with E-state index in [-0.39, 0.29) is 5.75 Å². The third-order valence-corrected chi connectivity index (χ3v) is 7.53. The van der Waals surface area contributed by atoms with Gasteiger partial charge in [-0.05, 0) is 38.3 Å². The zero-order valence-corrected chi connectivity index (χ0v) is 17.6. The van der Waals surface area contributed by atoms with Crippen molar-refractivity contribution in [3.63, 3.8) is 0 Å². The van der Waals surface area contributed by atoms with Crippen molar-refractivity contribution in [3.05, 3.63) is 0 Å². The molecular weight excluding hydrogens is 350 g/mol. The van der Waals surface area contributed by atoms with Crippen LogP contribution in [0.4, 0.5) is 0 Å². The molecule has 0 bridgehead atoms. The Morgan fingerprint density at radius 3 is 2.46 bits per heavy atom. The number of rotatable bonds is 8. The van der Waals surface area contributed by atoms with Crippen LogP contribution < -0.4 is 5.32 Å². The Hall–Kier alpha value is -0.860. The molecule has 2 heterocycles. The molecule has 2 rings (SSSR count). The van der Waals surface area contributed by atoms with Gasteiger partial charge < -0.3 is 15.1 Å². The van der Waals surface area contributed by atoms with Gasteiger partial charge in [0.15, 0.2) is 5.96 Å². The van der Waals surface area contributed by atoms with Gasteiger partial charge >= 0.3 is 0 Å². The van der Waals surface area contributed by atoms with E-state index in [4.69, 9.17) is 0 Å². The molecule has 2 fully saturated rings. The predicted molar refractivity (Wildman–Crippen MR) is 108 cm³/mol. The molecule has 1 atom stereocenters. The van der Waals surface area contributed by atoms with E-state index in [9.17, 15) is 8.42 Å². The zero-order chi connectivity index (χ0) is 19.0. The molecule has 1 unspecified atom stereocenters. The fourth-order valence-electron chi connectivity index (χ4n) is 4.05. The number of nitrogens with zero attached hydrogens (tertiary/aromatic N) is 4. The van der Waals surface area contributed by atoms with Crippen LogP contribution in [0.3, 0.4) is 0 Å². The van der Waals surface area contributed by atoms with Crippen molar-refractivity contribution >= 4 is 16.0 Å². The number of hydrogen-bond donors (Lipinski definition) is 1. The minimum absolute atomic E-state index is 0.110. The highest BCUT2D eigenvalue weighted by Gasteiger charge is 2.27. The Kier molecular flexibility index (Phi) is 8.63. The van der Waals surface area contributed by atoms with Crippen molar-refractivity contribution in [1.29, 1.82) is 0 Å². The molecule has 8 heteroatoms. The van der Waals surface area contributed by atoms with Gasteiger partial charge in [-0.1, -0.05) is 20.3 Å². The van der Waals surface area contributed by atoms with Crippen LogP contribution in [-0.2, 0) is 10.0 Å². The predicted octanol–water partition coefficient (Wildman–Crippen LogP) is 1.04. The second kappa shape index (κ2) is 10.5. The molecule has 7 nitrogen and oxygen atoms in total. The lowest BCUT2D eigenvalue weighted by atomic mass is 10.1. The van der Waals surface area contributed by atoms with Gasteiger partial charge in [-0.3, -0.25) is 4.99 Å². The SMILES string of the molecule is CCN(CC)S(=O)(=O)CCNC(=NC)N1CCC(CN2CCCCC2)C1. The summed E-state index contributed by atoms with van der Waals surface area (Å²) in [4.78, 5) is 9.24. The molecular formula is C18H37N5O2S. The van der Waals surface area contributed by atoms with Crippen LogP contribution in [-0.4, -0.2) is 93.6 Å². The molecule has 152 valence electrons. The number of aliphatic imine (C=N–C) groups is 1. The monoisotopic (exact) mass is 387 g/mol. The minimum Gasteiger partial charge on any atom is -0.355 e. The lowest BCUT2D eigenvalue weighted by Gasteiger charge is -2.29. The molecule has 0 amide bonds. The number of guanidine groups is 1. The number of hydrogen-bond acceptors (Lipinski definition) is 4. The topological polar surface area (TPSA) is 68.2 Å². The second-order valence-corrected chi connectivity index (χ2v) is 9.42. The zero-order valence-electron chi connectivity index (χ0n) is 16.8. The Labute approximate surface area is 159 Å². The van der Waals surface area contributed by atoms with Crippen molar-refractivity contribution < 1.29 is 8.42 Å². The molecule has 1 N–H and O–H groups in total. The maximum Gasteiger partial charge on any atom is 0.215 e. The lowest BCUT2D eigenvalue weighted by molar-refractivity contribution is 0.198. The summed E-state index contributed by atoms with van der Waals surface area (Å²) < 4.78 is 26.1. The van der Waals surface area contributed by atoms with Gasteiger partial charge in [-0.2, -0.15) is 0 Å². The Balaban J connectivity index is 1.76. The summed E-state index contributed by atoms with van der Waals surface area (Å²) in [7, 11) is -1.41. The summed E-state index contributed by atoms with van der Waals surface area (Å²) >= 11 is 0. The molecule has 0 aromatic heterocycles. The maximum atomic E-state index is 12.3. The quantitative estimate of drug-likeness (QED) is 0.498. The fourth-order valence-corrected chi connectivity index (χ4v) is 5.46. The molecule has 26 heavy (non-hydrogen) atoms.